The van der Waals surface area contributed by atoms with Crippen LogP contribution in [0.2, 0.25) is 0 Å². The maximum absolute atomic E-state index is 12.4. The van der Waals surface area contributed by atoms with Crippen molar-refractivity contribution in [3.8, 4) is 0 Å². The van der Waals surface area contributed by atoms with Crippen LogP contribution >= 0.6 is 0 Å². The Balaban J connectivity index is 1.90. The van der Waals surface area contributed by atoms with Crippen molar-refractivity contribution in [1.29, 1.82) is 0 Å². The van der Waals surface area contributed by atoms with E-state index in [2.05, 4.69) is 15.6 Å². The third kappa shape index (κ3) is 3.77. The molecule has 1 unspecified atom stereocenters. The SMILES string of the molecule is CC(=O)Nc1ccc(C(NC(=O)c2ccco2)c2nccn2C)cc1. The molecule has 25 heavy (non-hydrogen) atoms. The lowest BCUT2D eigenvalue weighted by atomic mass is 10.1. The number of aryl methyl sites for hydroxylation is 1. The summed E-state index contributed by atoms with van der Waals surface area (Å²) in [4.78, 5) is 27.9. The van der Waals surface area contributed by atoms with Gasteiger partial charge < -0.3 is 19.6 Å². The van der Waals surface area contributed by atoms with Crippen molar-refractivity contribution < 1.29 is 14.0 Å². The Hall–Kier alpha value is -3.35. The van der Waals surface area contributed by atoms with E-state index in [0.29, 0.717) is 11.5 Å². The molecule has 0 aliphatic heterocycles. The zero-order valence-electron chi connectivity index (χ0n) is 13.9. The molecule has 0 radical (unpaired) electrons. The highest BCUT2D eigenvalue weighted by atomic mass is 16.3. The maximum atomic E-state index is 12.4. The Morgan fingerprint density at radius 2 is 1.96 bits per heavy atom. The van der Waals surface area contributed by atoms with Gasteiger partial charge in [0.2, 0.25) is 5.91 Å². The minimum atomic E-state index is -0.455. The Bertz CT molecular complexity index is 866. The summed E-state index contributed by atoms with van der Waals surface area (Å²) in [6, 6.07) is 10.1. The van der Waals surface area contributed by atoms with Crippen LogP contribution in [0.4, 0.5) is 5.69 Å². The number of aromatic nitrogens is 2. The van der Waals surface area contributed by atoms with Crippen molar-refractivity contribution in [1.82, 2.24) is 14.9 Å². The summed E-state index contributed by atoms with van der Waals surface area (Å²) in [5, 5.41) is 5.65. The van der Waals surface area contributed by atoms with Crippen LogP contribution in [0, 0.1) is 0 Å². The highest BCUT2D eigenvalue weighted by molar-refractivity contribution is 5.92. The minimum Gasteiger partial charge on any atom is -0.459 e. The molecule has 3 rings (SSSR count). The highest BCUT2D eigenvalue weighted by Crippen LogP contribution is 2.23. The Kier molecular flexibility index (Phi) is 4.65. The third-order valence-corrected chi connectivity index (χ3v) is 3.70. The fourth-order valence-electron chi connectivity index (χ4n) is 2.52. The van der Waals surface area contributed by atoms with Gasteiger partial charge in [0.05, 0.1) is 6.26 Å². The first kappa shape index (κ1) is 16.5. The van der Waals surface area contributed by atoms with Gasteiger partial charge in [0.15, 0.2) is 5.76 Å². The van der Waals surface area contributed by atoms with Crippen LogP contribution in [0.15, 0.2) is 59.5 Å². The van der Waals surface area contributed by atoms with Gasteiger partial charge in [-0.05, 0) is 29.8 Å². The van der Waals surface area contributed by atoms with E-state index < -0.39 is 6.04 Å². The second kappa shape index (κ2) is 7.04. The van der Waals surface area contributed by atoms with Gasteiger partial charge in [0.1, 0.15) is 11.9 Å². The fraction of sp³-hybridized carbons (Fsp3) is 0.167. The van der Waals surface area contributed by atoms with Gasteiger partial charge >= 0.3 is 0 Å². The molecule has 128 valence electrons. The summed E-state index contributed by atoms with van der Waals surface area (Å²) in [5.74, 6) is 0.449. The Labute approximate surface area is 144 Å². The molecule has 0 bridgehead atoms. The fourth-order valence-corrected chi connectivity index (χ4v) is 2.52. The largest absolute Gasteiger partial charge is 0.459 e. The normalized spacial score (nSPS) is 11.8. The number of amides is 2. The van der Waals surface area contributed by atoms with Crippen LogP contribution in [-0.4, -0.2) is 21.4 Å². The van der Waals surface area contributed by atoms with Gasteiger partial charge in [-0.15, -0.1) is 0 Å². The van der Waals surface area contributed by atoms with Gasteiger partial charge in [0.25, 0.3) is 5.91 Å². The Morgan fingerprint density at radius 1 is 1.20 bits per heavy atom. The van der Waals surface area contributed by atoms with Crippen LogP contribution in [-0.2, 0) is 11.8 Å². The predicted octanol–water partition coefficient (Wildman–Crippen LogP) is 2.49. The molecule has 0 fully saturated rings. The molecular formula is C18H18N4O3. The molecule has 0 aliphatic rings. The molecule has 3 aromatic rings. The summed E-state index contributed by atoms with van der Waals surface area (Å²) in [5.41, 5.74) is 1.52. The zero-order chi connectivity index (χ0) is 17.8. The maximum Gasteiger partial charge on any atom is 0.287 e. The highest BCUT2D eigenvalue weighted by Gasteiger charge is 2.22. The van der Waals surface area contributed by atoms with E-state index in [1.165, 1.54) is 13.2 Å². The molecule has 0 saturated carbocycles. The summed E-state index contributed by atoms with van der Waals surface area (Å²) in [6.07, 6.45) is 4.94. The topological polar surface area (TPSA) is 89.2 Å². The molecule has 2 amide bonds. The number of anilines is 1. The van der Waals surface area contributed by atoms with Gasteiger partial charge in [-0.2, -0.15) is 0 Å². The number of furan rings is 1. The zero-order valence-corrected chi connectivity index (χ0v) is 13.9. The predicted molar refractivity (Wildman–Crippen MR) is 92.0 cm³/mol. The number of rotatable bonds is 5. The summed E-state index contributed by atoms with van der Waals surface area (Å²) in [6.45, 7) is 1.45. The monoisotopic (exact) mass is 338 g/mol. The van der Waals surface area contributed by atoms with Gasteiger partial charge in [0, 0.05) is 32.1 Å². The molecule has 2 heterocycles. The average molecular weight is 338 g/mol. The average Bonchev–Trinajstić information content (AvgIpc) is 3.24. The summed E-state index contributed by atoms with van der Waals surface area (Å²) < 4.78 is 7.00. The van der Waals surface area contributed by atoms with Crippen molar-refractivity contribution in [3.05, 3.63) is 72.2 Å². The van der Waals surface area contributed by atoms with Crippen LogP contribution < -0.4 is 10.6 Å². The van der Waals surface area contributed by atoms with E-state index in [4.69, 9.17) is 4.42 Å². The van der Waals surface area contributed by atoms with Crippen molar-refractivity contribution in [2.75, 3.05) is 5.32 Å². The first-order valence-electron chi connectivity index (χ1n) is 7.73. The number of benzene rings is 1. The van der Waals surface area contributed by atoms with Crippen molar-refractivity contribution >= 4 is 17.5 Å². The molecule has 7 nitrogen and oxygen atoms in total. The first-order valence-corrected chi connectivity index (χ1v) is 7.73. The van der Waals surface area contributed by atoms with Crippen molar-refractivity contribution in [2.45, 2.75) is 13.0 Å². The minimum absolute atomic E-state index is 0.139. The van der Waals surface area contributed by atoms with E-state index >= 15 is 0 Å². The molecule has 0 aliphatic carbocycles. The lowest BCUT2D eigenvalue weighted by Crippen LogP contribution is -2.30. The number of hydrogen-bond donors (Lipinski definition) is 2. The second-order valence-corrected chi connectivity index (χ2v) is 5.58. The van der Waals surface area contributed by atoms with E-state index in [0.717, 1.165) is 5.56 Å². The van der Waals surface area contributed by atoms with Gasteiger partial charge in [-0.25, -0.2) is 4.98 Å². The number of carbonyl (C=O) groups is 2. The molecule has 2 aromatic heterocycles. The lowest BCUT2D eigenvalue weighted by molar-refractivity contribution is -0.114. The van der Waals surface area contributed by atoms with Crippen LogP contribution in [0.3, 0.4) is 0 Å². The molecule has 7 heteroatoms. The first-order chi connectivity index (χ1) is 12.0. The number of nitrogens with zero attached hydrogens (tertiary/aromatic N) is 2. The number of carbonyl (C=O) groups excluding carboxylic acids is 2. The molecule has 1 aromatic carbocycles. The number of nitrogens with one attached hydrogen (secondary N) is 2. The van der Waals surface area contributed by atoms with Gasteiger partial charge in [-0.1, -0.05) is 12.1 Å². The Morgan fingerprint density at radius 3 is 2.52 bits per heavy atom. The lowest BCUT2D eigenvalue weighted by Gasteiger charge is -2.19. The molecular weight excluding hydrogens is 320 g/mol. The molecule has 0 spiro atoms. The van der Waals surface area contributed by atoms with Crippen molar-refractivity contribution in [3.63, 3.8) is 0 Å². The number of imidazole rings is 1. The van der Waals surface area contributed by atoms with Crippen LogP contribution in [0.1, 0.15) is 34.9 Å². The standard InChI is InChI=1S/C18H18N4O3/c1-12(23)20-14-7-5-13(6-8-14)16(17-19-9-10-22(17)2)21-18(24)15-4-3-11-25-15/h3-11,16H,1-2H3,(H,20,23)(H,21,24). The second-order valence-electron chi connectivity index (χ2n) is 5.58. The molecule has 1 atom stereocenters. The summed E-state index contributed by atoms with van der Waals surface area (Å²) in [7, 11) is 1.86. The third-order valence-electron chi connectivity index (χ3n) is 3.70. The van der Waals surface area contributed by atoms with Gasteiger partial charge in [-0.3, -0.25) is 9.59 Å². The smallest absolute Gasteiger partial charge is 0.287 e. The van der Waals surface area contributed by atoms with Crippen LogP contribution in [0.5, 0.6) is 0 Å². The molecule has 2 N–H and O–H groups in total. The molecule has 0 saturated heterocycles. The number of hydrogen-bond acceptors (Lipinski definition) is 4. The quantitative estimate of drug-likeness (QED) is 0.748. The van der Waals surface area contributed by atoms with E-state index in [9.17, 15) is 9.59 Å². The summed E-state index contributed by atoms with van der Waals surface area (Å²) >= 11 is 0. The van der Waals surface area contributed by atoms with Crippen molar-refractivity contribution in [2.24, 2.45) is 7.05 Å². The van der Waals surface area contributed by atoms with Crippen LogP contribution in [0.25, 0.3) is 0 Å². The van der Waals surface area contributed by atoms with E-state index in [1.54, 1.807) is 30.5 Å². The van der Waals surface area contributed by atoms with E-state index in [1.807, 2.05) is 29.9 Å². The van der Waals surface area contributed by atoms with E-state index in [-0.39, 0.29) is 17.6 Å².